The number of nitrogens with one attached hydrogen (secondary N) is 1. The third-order valence-electron chi connectivity index (χ3n) is 3.10. The molecule has 0 bridgehead atoms. The zero-order valence-corrected chi connectivity index (χ0v) is 12.9. The Morgan fingerprint density at radius 2 is 1.95 bits per heavy atom. The molecule has 0 heterocycles. The van der Waals surface area contributed by atoms with Crippen LogP contribution in [-0.4, -0.2) is 5.91 Å². The lowest BCUT2D eigenvalue weighted by atomic mass is 9.97. The van der Waals surface area contributed by atoms with Gasteiger partial charge in [0.05, 0.1) is 0 Å². The highest BCUT2D eigenvalue weighted by molar-refractivity contribution is 9.10. The highest BCUT2D eigenvalue weighted by Gasteiger charge is 2.11. The van der Waals surface area contributed by atoms with Gasteiger partial charge >= 0.3 is 0 Å². The lowest BCUT2D eigenvalue weighted by molar-refractivity contribution is -0.116. The molecule has 0 aromatic heterocycles. The zero-order valence-electron chi connectivity index (χ0n) is 11.3. The third kappa shape index (κ3) is 4.10. The number of anilines is 2. The number of halogens is 1. The molecule has 20 heavy (non-hydrogen) atoms. The molecule has 1 atom stereocenters. The molecule has 0 spiro atoms. The lowest BCUT2D eigenvalue weighted by Gasteiger charge is -2.12. The highest BCUT2D eigenvalue weighted by atomic mass is 79.9. The lowest BCUT2D eigenvalue weighted by Crippen LogP contribution is -2.14. The second kappa shape index (κ2) is 6.57. The number of benzene rings is 2. The van der Waals surface area contributed by atoms with E-state index < -0.39 is 0 Å². The van der Waals surface area contributed by atoms with Gasteiger partial charge in [0.15, 0.2) is 0 Å². The maximum Gasteiger partial charge on any atom is 0.224 e. The van der Waals surface area contributed by atoms with Gasteiger partial charge in [-0.15, -0.1) is 0 Å². The summed E-state index contributed by atoms with van der Waals surface area (Å²) in [6, 6.07) is 15.2. The quantitative estimate of drug-likeness (QED) is 0.826. The van der Waals surface area contributed by atoms with E-state index in [1.54, 1.807) is 12.1 Å². The van der Waals surface area contributed by atoms with Crippen molar-refractivity contribution in [2.75, 3.05) is 11.1 Å². The fourth-order valence-corrected chi connectivity index (χ4v) is 2.28. The number of carbonyl (C=O) groups is 1. The van der Waals surface area contributed by atoms with Gasteiger partial charge in [0.2, 0.25) is 5.91 Å². The van der Waals surface area contributed by atoms with Gasteiger partial charge in [0, 0.05) is 22.3 Å². The summed E-state index contributed by atoms with van der Waals surface area (Å²) in [6.45, 7) is 2.04. The van der Waals surface area contributed by atoms with Crippen LogP contribution in [0, 0.1) is 0 Å². The summed E-state index contributed by atoms with van der Waals surface area (Å²) < 4.78 is 1.04. The number of hydrogen-bond donors (Lipinski definition) is 2. The SMILES string of the molecule is CC(CC(=O)Nc1cccc(N)c1)c1ccc(Br)cc1. The Labute approximate surface area is 127 Å². The van der Waals surface area contributed by atoms with Crippen molar-refractivity contribution in [2.24, 2.45) is 0 Å². The Bertz CT molecular complexity index is 596. The van der Waals surface area contributed by atoms with Gasteiger partial charge in [0.25, 0.3) is 0 Å². The second-order valence-corrected chi connectivity index (χ2v) is 5.75. The van der Waals surface area contributed by atoms with Crippen molar-refractivity contribution in [3.05, 3.63) is 58.6 Å². The normalized spacial score (nSPS) is 11.9. The minimum atomic E-state index is -0.00832. The Hall–Kier alpha value is -1.81. The van der Waals surface area contributed by atoms with Crippen molar-refractivity contribution in [3.8, 4) is 0 Å². The van der Waals surface area contributed by atoms with Crippen LogP contribution in [0.3, 0.4) is 0 Å². The van der Waals surface area contributed by atoms with Crippen LogP contribution in [0.25, 0.3) is 0 Å². The molecule has 1 amide bonds. The number of nitrogen functional groups attached to an aromatic ring is 1. The van der Waals surface area contributed by atoms with E-state index in [1.165, 1.54) is 0 Å². The van der Waals surface area contributed by atoms with Crippen LogP contribution in [0.2, 0.25) is 0 Å². The molecule has 2 rings (SSSR count). The van der Waals surface area contributed by atoms with Gasteiger partial charge in [0.1, 0.15) is 0 Å². The molecule has 0 saturated heterocycles. The predicted octanol–water partition coefficient (Wildman–Crippen LogP) is 4.16. The summed E-state index contributed by atoms with van der Waals surface area (Å²) in [6.07, 6.45) is 0.441. The van der Waals surface area contributed by atoms with Crippen molar-refractivity contribution < 1.29 is 4.79 Å². The van der Waals surface area contributed by atoms with Crippen molar-refractivity contribution >= 4 is 33.2 Å². The average molecular weight is 333 g/mol. The van der Waals surface area contributed by atoms with Crippen LogP contribution in [0.5, 0.6) is 0 Å². The molecular formula is C16H17BrN2O. The fraction of sp³-hybridized carbons (Fsp3) is 0.188. The van der Waals surface area contributed by atoms with E-state index in [9.17, 15) is 4.79 Å². The van der Waals surface area contributed by atoms with Crippen molar-refractivity contribution in [1.82, 2.24) is 0 Å². The smallest absolute Gasteiger partial charge is 0.224 e. The Balaban J connectivity index is 1.95. The predicted molar refractivity (Wildman–Crippen MR) is 86.7 cm³/mol. The van der Waals surface area contributed by atoms with Gasteiger partial charge in [-0.3, -0.25) is 4.79 Å². The summed E-state index contributed by atoms with van der Waals surface area (Å²) in [5, 5.41) is 2.87. The molecule has 1 unspecified atom stereocenters. The van der Waals surface area contributed by atoms with Crippen LogP contribution in [0.1, 0.15) is 24.8 Å². The molecule has 2 aromatic carbocycles. The minimum Gasteiger partial charge on any atom is -0.399 e. The van der Waals surface area contributed by atoms with E-state index >= 15 is 0 Å². The second-order valence-electron chi connectivity index (χ2n) is 4.83. The molecule has 4 heteroatoms. The molecule has 0 aliphatic heterocycles. The van der Waals surface area contributed by atoms with Gasteiger partial charge in [-0.2, -0.15) is 0 Å². The topological polar surface area (TPSA) is 55.1 Å². The Kier molecular flexibility index (Phi) is 4.79. The molecule has 2 aromatic rings. The molecule has 104 valence electrons. The molecule has 0 aliphatic carbocycles. The van der Waals surface area contributed by atoms with Gasteiger partial charge in [-0.25, -0.2) is 0 Å². The number of hydrogen-bond acceptors (Lipinski definition) is 2. The number of amides is 1. The van der Waals surface area contributed by atoms with Gasteiger partial charge in [-0.1, -0.05) is 41.1 Å². The molecule has 0 aliphatic rings. The highest BCUT2D eigenvalue weighted by Crippen LogP contribution is 2.22. The summed E-state index contributed by atoms with van der Waals surface area (Å²) >= 11 is 3.41. The molecule has 3 N–H and O–H groups in total. The molecule has 0 radical (unpaired) electrons. The molecule has 0 fully saturated rings. The van der Waals surface area contributed by atoms with E-state index in [0.717, 1.165) is 15.7 Å². The summed E-state index contributed by atoms with van der Waals surface area (Å²) in [4.78, 5) is 12.0. The number of carbonyl (C=O) groups excluding carboxylic acids is 1. The Morgan fingerprint density at radius 3 is 2.60 bits per heavy atom. The third-order valence-corrected chi connectivity index (χ3v) is 3.63. The standard InChI is InChI=1S/C16H17BrN2O/c1-11(12-5-7-13(17)8-6-12)9-16(20)19-15-4-2-3-14(18)10-15/h2-8,10-11H,9,18H2,1H3,(H,19,20). The fourth-order valence-electron chi connectivity index (χ4n) is 2.02. The molecule has 3 nitrogen and oxygen atoms in total. The van der Waals surface area contributed by atoms with Crippen LogP contribution >= 0.6 is 15.9 Å². The number of nitrogens with two attached hydrogens (primary N) is 1. The first-order chi connectivity index (χ1) is 9.54. The monoisotopic (exact) mass is 332 g/mol. The molecular weight excluding hydrogens is 316 g/mol. The van der Waals surface area contributed by atoms with Crippen LogP contribution in [0.4, 0.5) is 11.4 Å². The van der Waals surface area contributed by atoms with Gasteiger partial charge in [-0.05, 0) is 41.8 Å². The largest absolute Gasteiger partial charge is 0.399 e. The summed E-state index contributed by atoms with van der Waals surface area (Å²) in [7, 11) is 0. The van der Waals surface area contributed by atoms with Gasteiger partial charge < -0.3 is 11.1 Å². The average Bonchev–Trinajstić information content (AvgIpc) is 2.39. The minimum absolute atomic E-state index is 0.00832. The summed E-state index contributed by atoms with van der Waals surface area (Å²) in [5.74, 6) is 0.162. The first kappa shape index (κ1) is 14.6. The molecule has 0 saturated carbocycles. The maximum absolute atomic E-state index is 12.0. The van der Waals surface area contributed by atoms with Crippen LogP contribution in [-0.2, 0) is 4.79 Å². The first-order valence-corrected chi connectivity index (χ1v) is 7.25. The van der Waals surface area contributed by atoms with Crippen molar-refractivity contribution in [1.29, 1.82) is 0 Å². The van der Waals surface area contributed by atoms with Crippen LogP contribution in [0.15, 0.2) is 53.0 Å². The summed E-state index contributed by atoms with van der Waals surface area (Å²) in [5.41, 5.74) is 8.21. The van der Waals surface area contributed by atoms with E-state index in [-0.39, 0.29) is 11.8 Å². The Morgan fingerprint density at radius 1 is 1.25 bits per heavy atom. The van der Waals surface area contributed by atoms with Crippen molar-refractivity contribution in [3.63, 3.8) is 0 Å². The van der Waals surface area contributed by atoms with E-state index in [4.69, 9.17) is 5.73 Å². The van der Waals surface area contributed by atoms with Crippen LogP contribution < -0.4 is 11.1 Å². The van der Waals surface area contributed by atoms with E-state index in [0.29, 0.717) is 12.1 Å². The van der Waals surface area contributed by atoms with E-state index in [1.807, 2.05) is 43.3 Å². The zero-order chi connectivity index (χ0) is 14.5. The first-order valence-electron chi connectivity index (χ1n) is 6.45. The van der Waals surface area contributed by atoms with E-state index in [2.05, 4.69) is 21.2 Å². The van der Waals surface area contributed by atoms with Crippen molar-refractivity contribution in [2.45, 2.75) is 19.3 Å². The number of rotatable bonds is 4. The maximum atomic E-state index is 12.0.